The lowest BCUT2D eigenvalue weighted by Gasteiger charge is -2.34. The maximum Gasteiger partial charge on any atom is 0.513 e. The molecule has 4 atom stereocenters. The van der Waals surface area contributed by atoms with Gasteiger partial charge in [-0.15, -0.1) is 0 Å². The van der Waals surface area contributed by atoms with E-state index in [1.54, 1.807) is 40.7 Å². The Morgan fingerprint density at radius 3 is 1.72 bits per heavy atom. The van der Waals surface area contributed by atoms with Crippen LogP contribution in [0.2, 0.25) is 0 Å². The van der Waals surface area contributed by atoms with Gasteiger partial charge in [0, 0.05) is 85.9 Å². The highest BCUT2D eigenvalue weighted by Crippen LogP contribution is 2.46. The Balaban J connectivity index is 0.000000311. The van der Waals surface area contributed by atoms with E-state index < -0.39 is 54.4 Å². The Labute approximate surface area is 389 Å². The number of halogens is 1. The molecule has 2 heterocycles. The fraction of sp³-hybridized carbons (Fsp3) is 0.362. The maximum atomic E-state index is 12.4. The molecule has 0 saturated carbocycles. The molecule has 0 saturated heterocycles. The number of phenolic OH excluding ortho intramolecular Hbond substituents is 4. The van der Waals surface area contributed by atoms with Crippen molar-refractivity contribution in [2.45, 2.75) is 104 Å². The van der Waals surface area contributed by atoms with Gasteiger partial charge in [0.2, 0.25) is 5.24 Å². The molecule has 0 aromatic heterocycles. The maximum absolute atomic E-state index is 12.4. The van der Waals surface area contributed by atoms with E-state index in [0.29, 0.717) is 28.7 Å². The minimum atomic E-state index is -1.00. The standard InChI is InChI=1S/C29H32O12.C15H14O6.C3H5ClO/c1-6-24(30)37-19-11-10-16(12-22(19)39-26(32)8-3)28-23(40-27(33)9-4)15-18-20(38-25(31)7-2)13-17(14-21(18)41-28)36-29(34)35-5;16-8-4-11(18)9-6-13(20)15(21-14(9)5-8)7-1-2-10(17)12(19)3-7;1-2-3(4)5/h10-14,23,28H,6-9,15H2,1-5H3;1-5,13,15-20H,6H2;2H2,1H3/t23-,28-;13-,15-;/m11./s1. The van der Waals surface area contributed by atoms with Crippen molar-refractivity contribution in [3.8, 4) is 57.5 Å². The van der Waals surface area contributed by atoms with Gasteiger partial charge >= 0.3 is 30.0 Å². The number of carbonyl (C=O) groups is 6. The number of carbonyl (C=O) groups excluding carboxylic acids is 6. The summed E-state index contributed by atoms with van der Waals surface area (Å²) in [6, 6.07) is 13.9. The Hall–Kier alpha value is -7.25. The number of esters is 4. The van der Waals surface area contributed by atoms with Crippen LogP contribution >= 0.6 is 11.6 Å². The largest absolute Gasteiger partial charge is 0.513 e. The van der Waals surface area contributed by atoms with Gasteiger partial charge in [-0.05, 0) is 41.4 Å². The van der Waals surface area contributed by atoms with Gasteiger partial charge in [0.1, 0.15) is 46.7 Å². The van der Waals surface area contributed by atoms with Gasteiger partial charge in [-0.2, -0.15) is 0 Å². The van der Waals surface area contributed by atoms with Crippen LogP contribution in [0.5, 0.6) is 57.5 Å². The summed E-state index contributed by atoms with van der Waals surface area (Å²) in [5.74, 6) is -2.50. The summed E-state index contributed by atoms with van der Waals surface area (Å²) < 4.78 is 43.5. The molecule has 67 heavy (non-hydrogen) atoms. The zero-order valence-corrected chi connectivity index (χ0v) is 38.1. The number of aliphatic hydroxyl groups excluding tert-OH is 1. The normalized spacial score (nSPS) is 16.5. The van der Waals surface area contributed by atoms with Crippen LogP contribution in [0.15, 0.2) is 60.7 Å². The first kappa shape index (κ1) is 52.4. The molecule has 0 bridgehead atoms. The lowest BCUT2D eigenvalue weighted by atomic mass is 9.93. The van der Waals surface area contributed by atoms with Crippen LogP contribution < -0.4 is 28.4 Å². The topological polar surface area (TPSA) is 277 Å². The average Bonchev–Trinajstić information content (AvgIpc) is 3.30. The lowest BCUT2D eigenvalue weighted by molar-refractivity contribution is -0.155. The summed E-state index contributed by atoms with van der Waals surface area (Å²) in [7, 11) is 1.14. The summed E-state index contributed by atoms with van der Waals surface area (Å²) in [6.07, 6.45) is -3.59. The molecular formula is C47H51ClO19. The van der Waals surface area contributed by atoms with Gasteiger partial charge in [-0.1, -0.05) is 46.8 Å². The lowest BCUT2D eigenvalue weighted by Crippen LogP contribution is -2.35. The highest BCUT2D eigenvalue weighted by molar-refractivity contribution is 6.63. The Morgan fingerprint density at radius 1 is 0.582 bits per heavy atom. The van der Waals surface area contributed by atoms with Gasteiger partial charge in [0.15, 0.2) is 29.1 Å². The smallest absolute Gasteiger partial charge is 0.508 e. The van der Waals surface area contributed by atoms with Crippen LogP contribution in [0.3, 0.4) is 0 Å². The number of aromatic hydroxyl groups is 4. The van der Waals surface area contributed by atoms with Gasteiger partial charge in [0.25, 0.3) is 0 Å². The number of phenols is 4. The monoisotopic (exact) mass is 954 g/mol. The number of benzene rings is 4. The third-order valence-electron chi connectivity index (χ3n) is 9.70. The molecule has 360 valence electrons. The number of rotatable bonds is 12. The number of hydrogen-bond acceptors (Lipinski definition) is 19. The molecule has 6 rings (SSSR count). The van der Waals surface area contributed by atoms with E-state index in [4.69, 9.17) is 44.8 Å². The Kier molecular flexibility index (Phi) is 19.0. The van der Waals surface area contributed by atoms with Crippen LogP contribution in [0.4, 0.5) is 4.79 Å². The third-order valence-corrected chi connectivity index (χ3v) is 9.97. The van der Waals surface area contributed by atoms with Crippen LogP contribution in [-0.2, 0) is 46.3 Å². The molecule has 0 unspecified atom stereocenters. The molecule has 4 aromatic rings. The van der Waals surface area contributed by atoms with E-state index in [1.807, 2.05) is 0 Å². The van der Waals surface area contributed by atoms with Gasteiger partial charge in [0.05, 0.1) is 13.2 Å². The van der Waals surface area contributed by atoms with Crippen LogP contribution in [-0.4, -0.2) is 80.1 Å². The van der Waals surface area contributed by atoms with Gasteiger partial charge in [-0.3, -0.25) is 24.0 Å². The van der Waals surface area contributed by atoms with Crippen molar-refractivity contribution in [3.05, 3.63) is 82.9 Å². The van der Waals surface area contributed by atoms with E-state index in [-0.39, 0.29) is 101 Å². The minimum absolute atomic E-state index is 0.0170. The molecule has 2 aliphatic heterocycles. The molecule has 19 nitrogen and oxygen atoms in total. The molecule has 2 aliphatic rings. The highest BCUT2D eigenvalue weighted by Gasteiger charge is 2.38. The zero-order valence-electron chi connectivity index (χ0n) is 37.4. The second kappa shape index (κ2) is 24.3. The molecule has 0 radical (unpaired) electrons. The molecule has 0 spiro atoms. The first-order chi connectivity index (χ1) is 31.8. The van der Waals surface area contributed by atoms with Crippen molar-refractivity contribution < 1.29 is 92.2 Å². The zero-order chi connectivity index (χ0) is 49.5. The van der Waals surface area contributed by atoms with Crippen molar-refractivity contribution in [2.75, 3.05) is 7.11 Å². The predicted molar refractivity (Wildman–Crippen MR) is 235 cm³/mol. The third kappa shape index (κ3) is 14.4. The predicted octanol–water partition coefficient (Wildman–Crippen LogP) is 7.48. The second-order valence-electron chi connectivity index (χ2n) is 14.5. The van der Waals surface area contributed by atoms with E-state index in [9.17, 15) is 54.3 Å². The first-order valence-corrected chi connectivity index (χ1v) is 21.4. The second-order valence-corrected chi connectivity index (χ2v) is 14.9. The Morgan fingerprint density at radius 2 is 1.13 bits per heavy atom. The molecule has 0 aliphatic carbocycles. The molecule has 0 amide bonds. The van der Waals surface area contributed by atoms with E-state index in [2.05, 4.69) is 4.74 Å². The first-order valence-electron chi connectivity index (χ1n) is 21.0. The summed E-state index contributed by atoms with van der Waals surface area (Å²) in [4.78, 5) is 70.0. The number of ether oxygens (including phenoxy) is 8. The van der Waals surface area contributed by atoms with Crippen LogP contribution in [0, 0.1) is 0 Å². The molecule has 4 aromatic carbocycles. The van der Waals surface area contributed by atoms with Crippen LogP contribution in [0.1, 0.15) is 101 Å². The van der Waals surface area contributed by atoms with Gasteiger partial charge in [-0.25, -0.2) is 4.79 Å². The quantitative estimate of drug-likeness (QED) is 0.0302. The minimum Gasteiger partial charge on any atom is -0.508 e. The summed E-state index contributed by atoms with van der Waals surface area (Å²) >= 11 is 4.82. The van der Waals surface area contributed by atoms with Crippen molar-refractivity contribution >= 4 is 46.9 Å². The highest BCUT2D eigenvalue weighted by atomic mass is 35.5. The van der Waals surface area contributed by atoms with Crippen molar-refractivity contribution in [1.82, 2.24) is 0 Å². The summed E-state index contributed by atoms with van der Waals surface area (Å²) in [6.45, 7) is 8.21. The van der Waals surface area contributed by atoms with Crippen molar-refractivity contribution in [1.29, 1.82) is 0 Å². The number of hydrogen-bond donors (Lipinski definition) is 5. The molecule has 0 fully saturated rings. The number of aliphatic hydroxyl groups is 1. The summed E-state index contributed by atoms with van der Waals surface area (Å²) in [5.41, 5.74) is 1.72. The number of methoxy groups -OCH3 is 1. The Bertz CT molecular complexity index is 2450. The summed E-state index contributed by atoms with van der Waals surface area (Å²) in [5, 5.41) is 48.0. The molecular weight excluding hydrogens is 904 g/mol. The van der Waals surface area contributed by atoms with E-state index in [0.717, 1.165) is 7.11 Å². The van der Waals surface area contributed by atoms with E-state index in [1.165, 1.54) is 54.6 Å². The molecule has 5 N–H and O–H groups in total. The SMILES string of the molecule is CCC(=O)Cl.CCC(=O)Oc1ccc([C@H]2Oc3cc(OC(=O)OC)cc(OC(=O)CC)c3C[C@H]2OC(=O)CC)cc1OC(=O)CC.Oc1cc(O)c2c(c1)O[C@H](c1ccc(O)c(O)c1)[C@H](O)C2. The van der Waals surface area contributed by atoms with Gasteiger partial charge < -0.3 is 63.4 Å². The fourth-order valence-corrected chi connectivity index (χ4v) is 6.27. The van der Waals surface area contributed by atoms with E-state index >= 15 is 0 Å². The van der Waals surface area contributed by atoms with Crippen molar-refractivity contribution in [2.24, 2.45) is 0 Å². The average molecular weight is 955 g/mol. The molecule has 20 heteroatoms. The number of fused-ring (bicyclic) bond motifs is 2. The van der Waals surface area contributed by atoms with Crippen LogP contribution in [0.25, 0.3) is 0 Å². The fourth-order valence-electron chi connectivity index (χ4n) is 6.27. The van der Waals surface area contributed by atoms with Crippen molar-refractivity contribution in [3.63, 3.8) is 0 Å².